The van der Waals surface area contributed by atoms with E-state index in [1.54, 1.807) is 11.3 Å². The molecule has 5 heterocycles. The zero-order valence-corrected chi connectivity index (χ0v) is 17.2. The molecule has 5 heteroatoms. The van der Waals surface area contributed by atoms with Crippen LogP contribution in [0, 0.1) is 0 Å². The Morgan fingerprint density at radius 2 is 1.08 bits per heavy atom. The third-order valence-corrected chi connectivity index (χ3v) is 7.98. The van der Waals surface area contributed by atoms with Crippen LogP contribution >= 0.6 is 56.7 Å². The average molecular weight is 415 g/mol. The molecule has 124 valence electrons. The van der Waals surface area contributed by atoms with Crippen molar-refractivity contribution in [3.05, 3.63) is 80.8 Å². The molecule has 0 aliphatic carbocycles. The van der Waals surface area contributed by atoms with Crippen LogP contribution in [0.25, 0.3) is 30.6 Å². The van der Waals surface area contributed by atoms with E-state index in [0.29, 0.717) is 0 Å². The van der Waals surface area contributed by atoms with Gasteiger partial charge < -0.3 is 0 Å². The standard InChI is InChI=1S/C16H10S4.C4H4S/c1-3-13(17-7-1)11-5-9-19-15(11)12-6-10-20-16(12)14-4-2-8-18-14;1-2-4-5-3-1/h1-10H;1-4H. The highest BCUT2D eigenvalue weighted by Gasteiger charge is 2.15. The maximum Gasteiger partial charge on any atom is 0.0529 e. The summed E-state index contributed by atoms with van der Waals surface area (Å²) in [5.74, 6) is 0. The fourth-order valence-corrected chi connectivity index (χ4v) is 6.53. The zero-order chi connectivity index (χ0) is 16.9. The predicted octanol–water partition coefficient (Wildman–Crippen LogP) is 8.68. The Morgan fingerprint density at radius 1 is 0.440 bits per heavy atom. The minimum Gasteiger partial charge on any atom is -0.152 e. The first-order valence-electron chi connectivity index (χ1n) is 7.64. The molecule has 0 aliphatic heterocycles. The molecule has 5 rings (SSSR count). The van der Waals surface area contributed by atoms with Gasteiger partial charge in [-0.1, -0.05) is 24.3 Å². The molecule has 0 aromatic carbocycles. The van der Waals surface area contributed by atoms with Crippen LogP contribution in [0.3, 0.4) is 0 Å². The van der Waals surface area contributed by atoms with Crippen LogP contribution in [-0.2, 0) is 0 Å². The summed E-state index contributed by atoms with van der Waals surface area (Å²) in [6, 6.07) is 17.2. The molecular formula is C20H14S5. The lowest BCUT2D eigenvalue weighted by Crippen LogP contribution is -1.75. The fraction of sp³-hybridized carbons (Fsp3) is 0. The first-order valence-corrected chi connectivity index (χ1v) is 12.1. The van der Waals surface area contributed by atoms with Gasteiger partial charge in [0.25, 0.3) is 0 Å². The van der Waals surface area contributed by atoms with Crippen molar-refractivity contribution in [2.24, 2.45) is 0 Å². The van der Waals surface area contributed by atoms with Crippen LogP contribution in [0.5, 0.6) is 0 Å². The lowest BCUT2D eigenvalue weighted by atomic mass is 10.1. The van der Waals surface area contributed by atoms with E-state index in [9.17, 15) is 0 Å². The van der Waals surface area contributed by atoms with Gasteiger partial charge in [0.05, 0.1) is 4.88 Å². The van der Waals surface area contributed by atoms with E-state index in [2.05, 4.69) is 57.9 Å². The van der Waals surface area contributed by atoms with Crippen molar-refractivity contribution in [2.75, 3.05) is 0 Å². The lowest BCUT2D eigenvalue weighted by Gasteiger charge is -2.03. The van der Waals surface area contributed by atoms with Crippen molar-refractivity contribution in [3.8, 4) is 30.6 Å². The topological polar surface area (TPSA) is 0 Å². The Bertz CT molecular complexity index is 895. The van der Waals surface area contributed by atoms with Crippen molar-refractivity contribution < 1.29 is 0 Å². The molecule has 0 fully saturated rings. The molecule has 0 radical (unpaired) electrons. The van der Waals surface area contributed by atoms with Crippen molar-refractivity contribution in [3.63, 3.8) is 0 Å². The first-order chi connectivity index (χ1) is 12.4. The molecule has 0 aliphatic rings. The van der Waals surface area contributed by atoms with Gasteiger partial charge in [0.15, 0.2) is 0 Å². The van der Waals surface area contributed by atoms with Crippen molar-refractivity contribution in [2.45, 2.75) is 0 Å². The molecule has 0 bridgehead atoms. The normalized spacial score (nSPS) is 10.4. The molecule has 0 amide bonds. The fourth-order valence-electron chi connectivity index (χ4n) is 2.46. The Balaban J connectivity index is 0.000000272. The number of hydrogen-bond acceptors (Lipinski definition) is 5. The maximum atomic E-state index is 2.25. The summed E-state index contributed by atoms with van der Waals surface area (Å²) in [7, 11) is 0. The monoisotopic (exact) mass is 414 g/mol. The Morgan fingerprint density at radius 3 is 1.68 bits per heavy atom. The Hall–Kier alpha value is -1.50. The summed E-state index contributed by atoms with van der Waals surface area (Å²) in [5.41, 5.74) is 2.73. The highest BCUT2D eigenvalue weighted by atomic mass is 32.1. The van der Waals surface area contributed by atoms with Crippen LogP contribution in [-0.4, -0.2) is 0 Å². The van der Waals surface area contributed by atoms with Crippen LogP contribution in [0.4, 0.5) is 0 Å². The van der Waals surface area contributed by atoms with Crippen LogP contribution in [0.1, 0.15) is 0 Å². The second-order valence-corrected chi connectivity index (χ2v) is 9.62. The number of rotatable bonds is 3. The number of thiophene rings is 5. The largest absolute Gasteiger partial charge is 0.152 e. The first kappa shape index (κ1) is 16.9. The van der Waals surface area contributed by atoms with E-state index in [1.807, 2.05) is 68.2 Å². The van der Waals surface area contributed by atoms with Gasteiger partial charge in [0.2, 0.25) is 0 Å². The van der Waals surface area contributed by atoms with E-state index in [0.717, 1.165) is 0 Å². The average Bonchev–Trinajstić information content (AvgIpc) is 3.50. The molecule has 25 heavy (non-hydrogen) atoms. The van der Waals surface area contributed by atoms with Crippen LogP contribution in [0.15, 0.2) is 80.8 Å². The summed E-state index contributed by atoms with van der Waals surface area (Å²) in [4.78, 5) is 5.49. The van der Waals surface area contributed by atoms with Gasteiger partial charge in [-0.3, -0.25) is 0 Å². The summed E-state index contributed by atoms with van der Waals surface area (Å²) >= 11 is 9.00. The molecule has 0 saturated carbocycles. The van der Waals surface area contributed by atoms with E-state index in [1.165, 1.54) is 30.6 Å². The quantitative estimate of drug-likeness (QED) is 0.277. The molecule has 0 saturated heterocycles. The molecule has 0 unspecified atom stereocenters. The maximum absolute atomic E-state index is 2.25. The minimum atomic E-state index is 1.35. The van der Waals surface area contributed by atoms with E-state index < -0.39 is 0 Å². The zero-order valence-electron chi connectivity index (χ0n) is 13.1. The van der Waals surface area contributed by atoms with Gasteiger partial charge in [-0.05, 0) is 56.5 Å². The minimum absolute atomic E-state index is 1.35. The van der Waals surface area contributed by atoms with E-state index >= 15 is 0 Å². The second kappa shape index (κ2) is 8.25. The Labute approximate surface area is 167 Å². The van der Waals surface area contributed by atoms with Gasteiger partial charge in [-0.15, -0.1) is 45.3 Å². The molecular weight excluding hydrogens is 401 g/mol. The van der Waals surface area contributed by atoms with Crippen molar-refractivity contribution in [1.29, 1.82) is 0 Å². The van der Waals surface area contributed by atoms with E-state index in [4.69, 9.17) is 0 Å². The Kier molecular flexibility index (Phi) is 5.59. The molecule has 5 aromatic rings. The van der Waals surface area contributed by atoms with Crippen LogP contribution < -0.4 is 0 Å². The molecule has 0 atom stereocenters. The van der Waals surface area contributed by atoms with Crippen LogP contribution in [0.2, 0.25) is 0 Å². The molecule has 0 nitrogen and oxygen atoms in total. The molecule has 0 spiro atoms. The van der Waals surface area contributed by atoms with Gasteiger partial charge in [0, 0.05) is 25.8 Å². The third-order valence-electron chi connectivity index (χ3n) is 3.53. The highest BCUT2D eigenvalue weighted by Crippen LogP contribution is 2.45. The molecule has 0 N–H and O–H groups in total. The van der Waals surface area contributed by atoms with Gasteiger partial charge in [-0.2, -0.15) is 11.3 Å². The SMILES string of the molecule is c1ccsc1.c1csc(-c2ccsc2-c2ccsc2-c2cccs2)c1. The molecule has 5 aromatic heterocycles. The van der Waals surface area contributed by atoms with Gasteiger partial charge in [-0.25, -0.2) is 0 Å². The highest BCUT2D eigenvalue weighted by molar-refractivity contribution is 7.21. The summed E-state index contributed by atoms with van der Waals surface area (Å²) in [6.45, 7) is 0. The lowest BCUT2D eigenvalue weighted by molar-refractivity contribution is 1.83. The summed E-state index contributed by atoms with van der Waals surface area (Å²) < 4.78 is 0. The van der Waals surface area contributed by atoms with Gasteiger partial charge in [0.1, 0.15) is 0 Å². The van der Waals surface area contributed by atoms with Crippen molar-refractivity contribution >= 4 is 56.7 Å². The third kappa shape index (κ3) is 3.86. The van der Waals surface area contributed by atoms with Gasteiger partial charge >= 0.3 is 0 Å². The second-order valence-electron chi connectivity index (χ2n) is 5.07. The summed E-state index contributed by atoms with van der Waals surface area (Å²) in [5, 5.41) is 12.8. The smallest absolute Gasteiger partial charge is 0.0529 e. The number of hydrogen-bond donors (Lipinski definition) is 0. The summed E-state index contributed by atoms with van der Waals surface area (Å²) in [6.07, 6.45) is 0. The van der Waals surface area contributed by atoms with E-state index in [-0.39, 0.29) is 0 Å². The van der Waals surface area contributed by atoms with Crippen molar-refractivity contribution in [1.82, 2.24) is 0 Å². The predicted molar refractivity (Wildman–Crippen MR) is 119 cm³/mol.